The third-order valence-electron chi connectivity index (χ3n) is 5.05. The Kier molecular flexibility index (Phi) is 4.35. The van der Waals surface area contributed by atoms with E-state index in [1.54, 1.807) is 12.1 Å². The molecule has 0 bridgehead atoms. The highest BCUT2D eigenvalue weighted by Gasteiger charge is 2.13. The van der Waals surface area contributed by atoms with Crippen LogP contribution in [0.15, 0.2) is 70.9 Å². The van der Waals surface area contributed by atoms with E-state index < -0.39 is 0 Å². The van der Waals surface area contributed by atoms with Crippen molar-refractivity contribution in [1.82, 2.24) is 0 Å². The van der Waals surface area contributed by atoms with E-state index in [0.29, 0.717) is 0 Å². The predicted molar refractivity (Wildman–Crippen MR) is 113 cm³/mol. The van der Waals surface area contributed by atoms with E-state index >= 15 is 0 Å². The van der Waals surface area contributed by atoms with Gasteiger partial charge in [-0.25, -0.2) is 0 Å². The van der Waals surface area contributed by atoms with Crippen LogP contribution in [0.3, 0.4) is 0 Å². The van der Waals surface area contributed by atoms with Gasteiger partial charge in [-0.2, -0.15) is 0 Å². The summed E-state index contributed by atoms with van der Waals surface area (Å²) in [5.74, 6) is 0. The summed E-state index contributed by atoms with van der Waals surface area (Å²) in [7, 11) is 0. The molecule has 28 heavy (non-hydrogen) atoms. The van der Waals surface area contributed by atoms with Crippen LogP contribution >= 0.6 is 0 Å². The van der Waals surface area contributed by atoms with Crippen molar-refractivity contribution in [1.29, 1.82) is 0 Å². The number of nitro benzene ring substituents is 1. The molecule has 0 N–H and O–H groups in total. The second-order valence-electron chi connectivity index (χ2n) is 7.00. The molecule has 5 heteroatoms. The third kappa shape index (κ3) is 3.01. The third-order valence-corrected chi connectivity index (χ3v) is 5.05. The van der Waals surface area contributed by atoms with Crippen LogP contribution in [-0.2, 0) is 0 Å². The van der Waals surface area contributed by atoms with Crippen molar-refractivity contribution in [2.24, 2.45) is 10.2 Å². The minimum Gasteiger partial charge on any atom is -0.258 e. The van der Waals surface area contributed by atoms with Crippen molar-refractivity contribution < 1.29 is 4.92 Å². The van der Waals surface area contributed by atoms with Gasteiger partial charge in [-0.1, -0.05) is 42.5 Å². The lowest BCUT2D eigenvalue weighted by molar-refractivity contribution is -0.384. The lowest BCUT2D eigenvalue weighted by Crippen LogP contribution is -1.90. The fourth-order valence-electron chi connectivity index (χ4n) is 3.59. The van der Waals surface area contributed by atoms with Gasteiger partial charge in [0.25, 0.3) is 5.69 Å². The molecule has 0 saturated heterocycles. The normalized spacial score (nSPS) is 11.5. The van der Waals surface area contributed by atoms with Gasteiger partial charge in [0.2, 0.25) is 0 Å². The molecule has 0 fully saturated rings. The van der Waals surface area contributed by atoms with Gasteiger partial charge in [0.15, 0.2) is 0 Å². The Morgan fingerprint density at radius 2 is 1.43 bits per heavy atom. The zero-order valence-electron chi connectivity index (χ0n) is 15.9. The maximum atomic E-state index is 11.1. The zero-order valence-corrected chi connectivity index (χ0v) is 15.9. The van der Waals surface area contributed by atoms with Crippen LogP contribution in [-0.4, -0.2) is 4.92 Å². The molecule has 0 aromatic heterocycles. The Labute approximate surface area is 162 Å². The first-order valence-corrected chi connectivity index (χ1v) is 9.04. The van der Waals surface area contributed by atoms with Crippen molar-refractivity contribution in [2.45, 2.75) is 20.8 Å². The number of nitro groups is 1. The van der Waals surface area contributed by atoms with E-state index in [2.05, 4.69) is 22.4 Å². The SMILES string of the molecule is Cc1ccc2ccccc2c1/N=N/c1c(C)cc(C)c2cc([N+](=O)[O-])ccc12. The van der Waals surface area contributed by atoms with Crippen LogP contribution in [0.4, 0.5) is 17.1 Å². The van der Waals surface area contributed by atoms with Crippen molar-refractivity contribution in [3.8, 4) is 0 Å². The van der Waals surface area contributed by atoms with Gasteiger partial charge in [0.1, 0.15) is 0 Å². The zero-order chi connectivity index (χ0) is 19.8. The Hall–Kier alpha value is -3.60. The fraction of sp³-hybridized carbons (Fsp3) is 0.130. The summed E-state index contributed by atoms with van der Waals surface area (Å²) >= 11 is 0. The topological polar surface area (TPSA) is 67.9 Å². The predicted octanol–water partition coefficient (Wildman–Crippen LogP) is 7.24. The lowest BCUT2D eigenvalue weighted by Gasteiger charge is -2.09. The first-order valence-electron chi connectivity index (χ1n) is 9.04. The van der Waals surface area contributed by atoms with Crippen molar-refractivity contribution >= 4 is 38.6 Å². The molecule has 0 unspecified atom stereocenters. The highest BCUT2D eigenvalue weighted by Crippen LogP contribution is 2.37. The van der Waals surface area contributed by atoms with Crippen molar-refractivity contribution in [2.75, 3.05) is 0 Å². The van der Waals surface area contributed by atoms with E-state index in [9.17, 15) is 10.1 Å². The minimum atomic E-state index is -0.376. The van der Waals surface area contributed by atoms with Crippen LogP contribution in [0.5, 0.6) is 0 Å². The fourth-order valence-corrected chi connectivity index (χ4v) is 3.59. The number of nitrogens with zero attached hydrogens (tertiary/aromatic N) is 3. The minimum absolute atomic E-state index is 0.0761. The van der Waals surface area contributed by atoms with Gasteiger partial charge in [-0.3, -0.25) is 10.1 Å². The molecule has 4 rings (SSSR count). The average molecular weight is 369 g/mol. The van der Waals surface area contributed by atoms with Crippen molar-refractivity contribution in [3.63, 3.8) is 0 Å². The number of hydrogen-bond donors (Lipinski definition) is 0. The average Bonchev–Trinajstić information content (AvgIpc) is 2.68. The summed E-state index contributed by atoms with van der Waals surface area (Å²) in [6.45, 7) is 5.96. The lowest BCUT2D eigenvalue weighted by atomic mass is 9.99. The molecule has 138 valence electrons. The second kappa shape index (κ2) is 6.85. The first-order chi connectivity index (χ1) is 13.5. The highest BCUT2D eigenvalue weighted by atomic mass is 16.6. The Balaban J connectivity index is 1.91. The van der Waals surface area contributed by atoms with Gasteiger partial charge >= 0.3 is 0 Å². The molecule has 4 aromatic carbocycles. The van der Waals surface area contributed by atoms with Crippen LogP contribution in [0.2, 0.25) is 0 Å². The molecule has 0 aliphatic carbocycles. The molecule has 4 aromatic rings. The number of non-ortho nitro benzene ring substituents is 1. The van der Waals surface area contributed by atoms with Gasteiger partial charge < -0.3 is 0 Å². The molecule has 0 heterocycles. The summed E-state index contributed by atoms with van der Waals surface area (Å²) in [5, 5.41) is 24.2. The maximum absolute atomic E-state index is 11.1. The molecule has 0 saturated carbocycles. The maximum Gasteiger partial charge on any atom is 0.270 e. The highest BCUT2D eigenvalue weighted by molar-refractivity contribution is 5.98. The summed E-state index contributed by atoms with van der Waals surface area (Å²) < 4.78 is 0. The van der Waals surface area contributed by atoms with E-state index in [-0.39, 0.29) is 10.6 Å². The van der Waals surface area contributed by atoms with E-state index in [4.69, 9.17) is 0 Å². The number of hydrogen-bond acceptors (Lipinski definition) is 4. The molecule has 0 spiro atoms. The Bertz CT molecular complexity index is 1280. The monoisotopic (exact) mass is 369 g/mol. The largest absolute Gasteiger partial charge is 0.270 e. The number of benzene rings is 4. The molecule has 5 nitrogen and oxygen atoms in total. The number of aryl methyl sites for hydroxylation is 3. The summed E-state index contributed by atoms with van der Waals surface area (Å²) in [6, 6.07) is 19.1. The van der Waals surface area contributed by atoms with Crippen LogP contribution in [0.1, 0.15) is 16.7 Å². The van der Waals surface area contributed by atoms with Gasteiger partial charge in [0.05, 0.1) is 16.3 Å². The number of azo groups is 1. The molecular weight excluding hydrogens is 350 g/mol. The number of fused-ring (bicyclic) bond motifs is 2. The van der Waals surface area contributed by atoms with Gasteiger partial charge in [-0.05, 0) is 54.3 Å². The van der Waals surface area contributed by atoms with Crippen LogP contribution in [0.25, 0.3) is 21.5 Å². The van der Waals surface area contributed by atoms with Crippen LogP contribution < -0.4 is 0 Å². The molecule has 0 aliphatic heterocycles. The summed E-state index contributed by atoms with van der Waals surface area (Å²) in [5.41, 5.74) is 4.67. The summed E-state index contributed by atoms with van der Waals surface area (Å²) in [6.07, 6.45) is 0. The molecule has 0 amide bonds. The van der Waals surface area contributed by atoms with Gasteiger partial charge in [0, 0.05) is 22.9 Å². The van der Waals surface area contributed by atoms with E-state index in [1.165, 1.54) is 6.07 Å². The molecule has 0 radical (unpaired) electrons. The Morgan fingerprint density at radius 3 is 2.18 bits per heavy atom. The van der Waals surface area contributed by atoms with Gasteiger partial charge in [-0.15, -0.1) is 10.2 Å². The molecule has 0 atom stereocenters. The summed E-state index contributed by atoms with van der Waals surface area (Å²) in [4.78, 5) is 10.8. The molecular formula is C23H19N3O2. The quantitative estimate of drug-likeness (QED) is 0.217. The number of rotatable bonds is 3. The smallest absolute Gasteiger partial charge is 0.258 e. The van der Waals surface area contributed by atoms with E-state index in [1.807, 2.05) is 51.1 Å². The van der Waals surface area contributed by atoms with E-state index in [0.717, 1.165) is 49.6 Å². The standard InChI is InChI=1S/C23H19N3O2/c1-14-8-9-17-6-4-5-7-19(17)22(14)24-25-23-16(3)12-15(2)21-13-18(26(27)28)10-11-20(21)23/h4-13H,1-3H3/b25-24+. The second-order valence-corrected chi connectivity index (χ2v) is 7.00. The Morgan fingerprint density at radius 1 is 0.714 bits per heavy atom. The van der Waals surface area contributed by atoms with Crippen molar-refractivity contribution in [3.05, 3.63) is 87.5 Å². The first kappa shape index (κ1) is 17.8. The molecule has 0 aliphatic rings. The van der Waals surface area contributed by atoms with Crippen LogP contribution in [0, 0.1) is 30.9 Å².